The predicted octanol–water partition coefficient (Wildman–Crippen LogP) is 1.31. The van der Waals surface area contributed by atoms with Crippen LogP contribution in [0.5, 0.6) is 0 Å². The molecular formula is C15H20N2O2. The van der Waals surface area contributed by atoms with Crippen LogP contribution in [0.2, 0.25) is 0 Å². The zero-order chi connectivity index (χ0) is 13.7. The van der Waals surface area contributed by atoms with Crippen LogP contribution in [0.4, 0.5) is 0 Å². The van der Waals surface area contributed by atoms with Gasteiger partial charge < -0.3 is 9.80 Å². The molecule has 0 unspecified atom stereocenters. The molecule has 0 aromatic heterocycles. The molecule has 1 saturated heterocycles. The van der Waals surface area contributed by atoms with Crippen LogP contribution in [0.15, 0.2) is 30.3 Å². The highest BCUT2D eigenvalue weighted by Gasteiger charge is 2.22. The molecule has 1 aliphatic rings. The number of nitrogens with zero attached hydrogens (tertiary/aromatic N) is 2. The molecule has 102 valence electrons. The Morgan fingerprint density at radius 3 is 2.00 bits per heavy atom. The molecule has 1 fully saturated rings. The number of carbonyl (C=O) groups is 2. The molecule has 0 radical (unpaired) electrons. The number of rotatable bonds is 3. The summed E-state index contributed by atoms with van der Waals surface area (Å²) >= 11 is 0. The first kappa shape index (κ1) is 13.6. The van der Waals surface area contributed by atoms with Crippen molar-refractivity contribution in [3.8, 4) is 0 Å². The number of hydrogen-bond acceptors (Lipinski definition) is 2. The Balaban J connectivity index is 1.84. The van der Waals surface area contributed by atoms with Crippen molar-refractivity contribution in [2.24, 2.45) is 0 Å². The minimum Gasteiger partial charge on any atom is -0.339 e. The first-order valence-electron chi connectivity index (χ1n) is 6.80. The van der Waals surface area contributed by atoms with Crippen LogP contribution < -0.4 is 0 Å². The van der Waals surface area contributed by atoms with Crippen molar-refractivity contribution in [1.29, 1.82) is 0 Å². The van der Waals surface area contributed by atoms with Crippen molar-refractivity contribution in [2.75, 3.05) is 26.2 Å². The predicted molar refractivity (Wildman–Crippen MR) is 73.6 cm³/mol. The highest BCUT2D eigenvalue weighted by atomic mass is 16.2. The molecule has 0 aliphatic carbocycles. The Bertz CT molecular complexity index is 437. The van der Waals surface area contributed by atoms with E-state index in [0.29, 0.717) is 39.0 Å². The lowest BCUT2D eigenvalue weighted by Gasteiger charge is -2.34. The monoisotopic (exact) mass is 260 g/mol. The van der Waals surface area contributed by atoms with Crippen molar-refractivity contribution >= 4 is 11.8 Å². The summed E-state index contributed by atoms with van der Waals surface area (Å²) in [7, 11) is 0. The van der Waals surface area contributed by atoms with E-state index in [2.05, 4.69) is 0 Å². The van der Waals surface area contributed by atoms with E-state index < -0.39 is 0 Å². The lowest BCUT2D eigenvalue weighted by molar-refractivity contribution is -0.139. The third-order valence-electron chi connectivity index (χ3n) is 3.49. The summed E-state index contributed by atoms with van der Waals surface area (Å²) in [5.74, 6) is 0.324. The highest BCUT2D eigenvalue weighted by molar-refractivity contribution is 5.80. The lowest BCUT2D eigenvalue weighted by Crippen LogP contribution is -2.50. The standard InChI is InChI=1S/C15H20N2O2/c1-2-14(18)16-8-10-17(11-9-16)15(19)12-13-6-4-3-5-7-13/h3-7H,2,8-12H2,1H3. The van der Waals surface area contributed by atoms with Crippen LogP contribution in [0.25, 0.3) is 0 Å². The van der Waals surface area contributed by atoms with E-state index in [-0.39, 0.29) is 11.8 Å². The number of carbonyl (C=O) groups excluding carboxylic acids is 2. The Morgan fingerprint density at radius 1 is 0.947 bits per heavy atom. The molecule has 0 spiro atoms. The molecule has 4 heteroatoms. The fourth-order valence-electron chi connectivity index (χ4n) is 2.31. The van der Waals surface area contributed by atoms with Gasteiger partial charge in [0.1, 0.15) is 0 Å². The van der Waals surface area contributed by atoms with Crippen molar-refractivity contribution in [2.45, 2.75) is 19.8 Å². The zero-order valence-corrected chi connectivity index (χ0v) is 11.3. The summed E-state index contributed by atoms with van der Waals surface area (Å²) in [6.45, 7) is 4.49. The number of amides is 2. The van der Waals surface area contributed by atoms with Crippen LogP contribution in [0.3, 0.4) is 0 Å². The van der Waals surface area contributed by atoms with Crippen molar-refractivity contribution < 1.29 is 9.59 Å². The first-order chi connectivity index (χ1) is 9.20. The van der Waals surface area contributed by atoms with Gasteiger partial charge in [-0.3, -0.25) is 9.59 Å². The lowest BCUT2D eigenvalue weighted by atomic mass is 10.1. The van der Waals surface area contributed by atoms with Gasteiger partial charge in [0, 0.05) is 32.6 Å². The molecule has 2 rings (SSSR count). The minimum absolute atomic E-state index is 0.148. The molecule has 2 amide bonds. The van der Waals surface area contributed by atoms with Gasteiger partial charge in [0.15, 0.2) is 0 Å². The Labute approximate surface area is 114 Å². The zero-order valence-electron chi connectivity index (χ0n) is 11.3. The van der Waals surface area contributed by atoms with E-state index in [1.54, 1.807) is 0 Å². The molecule has 1 aliphatic heterocycles. The SMILES string of the molecule is CCC(=O)N1CCN(C(=O)Cc2ccccc2)CC1. The van der Waals surface area contributed by atoms with E-state index in [0.717, 1.165) is 5.56 Å². The summed E-state index contributed by atoms with van der Waals surface area (Å²) < 4.78 is 0. The summed E-state index contributed by atoms with van der Waals surface area (Å²) in [6, 6.07) is 9.77. The Kier molecular flexibility index (Phi) is 4.55. The van der Waals surface area contributed by atoms with E-state index in [1.807, 2.05) is 47.1 Å². The van der Waals surface area contributed by atoms with Crippen LogP contribution in [-0.4, -0.2) is 47.8 Å². The molecular weight excluding hydrogens is 240 g/mol. The third kappa shape index (κ3) is 3.56. The van der Waals surface area contributed by atoms with Gasteiger partial charge in [0.05, 0.1) is 6.42 Å². The van der Waals surface area contributed by atoms with Gasteiger partial charge >= 0.3 is 0 Å². The van der Waals surface area contributed by atoms with Gasteiger partial charge in [-0.25, -0.2) is 0 Å². The molecule has 1 aromatic carbocycles. The third-order valence-corrected chi connectivity index (χ3v) is 3.49. The van der Waals surface area contributed by atoms with Crippen molar-refractivity contribution in [1.82, 2.24) is 9.80 Å². The maximum atomic E-state index is 12.1. The van der Waals surface area contributed by atoms with Crippen LogP contribution in [-0.2, 0) is 16.0 Å². The van der Waals surface area contributed by atoms with Crippen molar-refractivity contribution in [3.05, 3.63) is 35.9 Å². The van der Waals surface area contributed by atoms with Crippen LogP contribution in [0.1, 0.15) is 18.9 Å². The Morgan fingerprint density at radius 2 is 1.47 bits per heavy atom. The second kappa shape index (κ2) is 6.36. The number of hydrogen-bond donors (Lipinski definition) is 0. The Hall–Kier alpha value is -1.84. The van der Waals surface area contributed by atoms with E-state index >= 15 is 0 Å². The van der Waals surface area contributed by atoms with E-state index in [9.17, 15) is 9.59 Å². The average molecular weight is 260 g/mol. The van der Waals surface area contributed by atoms with Gasteiger partial charge in [0.25, 0.3) is 0 Å². The normalized spacial score (nSPS) is 15.4. The minimum atomic E-state index is 0.148. The fraction of sp³-hybridized carbons (Fsp3) is 0.467. The molecule has 1 heterocycles. The molecule has 4 nitrogen and oxygen atoms in total. The molecule has 0 atom stereocenters. The topological polar surface area (TPSA) is 40.6 Å². The maximum absolute atomic E-state index is 12.1. The number of benzene rings is 1. The maximum Gasteiger partial charge on any atom is 0.227 e. The molecule has 0 N–H and O–H groups in total. The summed E-state index contributed by atoms with van der Waals surface area (Å²) in [6.07, 6.45) is 0.987. The largest absolute Gasteiger partial charge is 0.339 e. The second-order valence-electron chi connectivity index (χ2n) is 4.78. The van der Waals surface area contributed by atoms with Crippen LogP contribution in [0, 0.1) is 0 Å². The molecule has 19 heavy (non-hydrogen) atoms. The van der Waals surface area contributed by atoms with Gasteiger partial charge in [-0.15, -0.1) is 0 Å². The summed E-state index contributed by atoms with van der Waals surface area (Å²) in [5, 5.41) is 0. The van der Waals surface area contributed by atoms with E-state index in [4.69, 9.17) is 0 Å². The second-order valence-corrected chi connectivity index (χ2v) is 4.78. The molecule has 1 aromatic rings. The average Bonchev–Trinajstić information content (AvgIpc) is 2.47. The first-order valence-corrected chi connectivity index (χ1v) is 6.80. The van der Waals surface area contributed by atoms with Crippen molar-refractivity contribution in [3.63, 3.8) is 0 Å². The highest BCUT2D eigenvalue weighted by Crippen LogP contribution is 2.07. The summed E-state index contributed by atoms with van der Waals surface area (Å²) in [4.78, 5) is 27.4. The molecule has 0 bridgehead atoms. The quantitative estimate of drug-likeness (QED) is 0.822. The molecule has 0 saturated carbocycles. The van der Waals surface area contributed by atoms with Gasteiger partial charge in [-0.05, 0) is 5.56 Å². The van der Waals surface area contributed by atoms with Gasteiger partial charge in [-0.1, -0.05) is 37.3 Å². The smallest absolute Gasteiger partial charge is 0.227 e. The van der Waals surface area contributed by atoms with Gasteiger partial charge in [0.2, 0.25) is 11.8 Å². The summed E-state index contributed by atoms with van der Waals surface area (Å²) in [5.41, 5.74) is 1.04. The van der Waals surface area contributed by atoms with E-state index in [1.165, 1.54) is 0 Å². The van der Waals surface area contributed by atoms with Gasteiger partial charge in [-0.2, -0.15) is 0 Å². The van der Waals surface area contributed by atoms with Crippen LogP contribution >= 0.6 is 0 Å². The fourth-order valence-corrected chi connectivity index (χ4v) is 2.31. The number of piperazine rings is 1.